The fourth-order valence-corrected chi connectivity index (χ4v) is 5.87. The van der Waals surface area contributed by atoms with E-state index in [9.17, 15) is 8.42 Å². The van der Waals surface area contributed by atoms with Crippen molar-refractivity contribution in [1.29, 1.82) is 0 Å². The molecule has 0 aromatic carbocycles. The number of nitrogens with one attached hydrogen (secondary N) is 1. The molecule has 1 aromatic rings. The summed E-state index contributed by atoms with van der Waals surface area (Å²) < 4.78 is 31.5. The van der Waals surface area contributed by atoms with Crippen LogP contribution in [0, 0.1) is 11.3 Å². The molecule has 1 aliphatic heterocycles. The Balaban J connectivity index is 1.36. The van der Waals surface area contributed by atoms with Gasteiger partial charge in [0, 0.05) is 45.3 Å². The van der Waals surface area contributed by atoms with E-state index in [1.807, 2.05) is 0 Å². The SMILES string of the molecule is CCNC(=NCC1(C2CC2)CCC1)N1CCN(S(=O)(=O)Cc2ccon2)CC1. The van der Waals surface area contributed by atoms with Crippen molar-refractivity contribution >= 4 is 16.0 Å². The Kier molecular flexibility index (Phi) is 5.64. The first kappa shape index (κ1) is 19.7. The molecule has 4 rings (SSSR count). The molecule has 28 heavy (non-hydrogen) atoms. The van der Waals surface area contributed by atoms with Gasteiger partial charge < -0.3 is 14.7 Å². The predicted molar refractivity (Wildman–Crippen MR) is 107 cm³/mol. The molecule has 0 amide bonds. The minimum Gasteiger partial charge on any atom is -0.364 e. The van der Waals surface area contributed by atoms with Crippen molar-refractivity contribution in [2.75, 3.05) is 39.3 Å². The van der Waals surface area contributed by atoms with Crippen LogP contribution in [0.25, 0.3) is 0 Å². The molecule has 3 aliphatic rings. The molecule has 1 saturated heterocycles. The van der Waals surface area contributed by atoms with Crippen molar-refractivity contribution in [2.45, 2.75) is 44.8 Å². The number of aromatic nitrogens is 1. The van der Waals surface area contributed by atoms with Gasteiger partial charge in [-0.2, -0.15) is 4.31 Å². The van der Waals surface area contributed by atoms with Gasteiger partial charge in [0.1, 0.15) is 12.0 Å². The normalized spacial score (nSPS) is 23.5. The second kappa shape index (κ2) is 8.02. The topological polar surface area (TPSA) is 91.0 Å². The predicted octanol–water partition coefficient (Wildman–Crippen LogP) is 1.67. The van der Waals surface area contributed by atoms with Crippen molar-refractivity contribution in [3.63, 3.8) is 0 Å². The van der Waals surface area contributed by atoms with Gasteiger partial charge in [-0.05, 0) is 43.9 Å². The Morgan fingerprint density at radius 3 is 2.61 bits per heavy atom. The number of sulfonamides is 1. The molecule has 0 atom stereocenters. The van der Waals surface area contributed by atoms with E-state index >= 15 is 0 Å². The standard InChI is InChI=1S/C19H31N5O3S/c1-2-20-18(21-15-19(7-3-8-19)16-4-5-16)23-9-11-24(12-10-23)28(25,26)14-17-6-13-27-22-17/h6,13,16H,2-5,7-12,14-15H2,1H3,(H,20,21). The van der Waals surface area contributed by atoms with Gasteiger partial charge in [0.15, 0.2) is 5.96 Å². The number of piperazine rings is 1. The van der Waals surface area contributed by atoms with Gasteiger partial charge in [0.2, 0.25) is 10.0 Å². The van der Waals surface area contributed by atoms with Crippen LogP contribution < -0.4 is 5.32 Å². The second-order valence-electron chi connectivity index (χ2n) is 8.29. The van der Waals surface area contributed by atoms with Gasteiger partial charge >= 0.3 is 0 Å². The lowest BCUT2D eigenvalue weighted by molar-refractivity contribution is 0.112. The minimum atomic E-state index is -3.38. The van der Waals surface area contributed by atoms with Gasteiger partial charge in [0.05, 0.1) is 5.69 Å². The van der Waals surface area contributed by atoms with Crippen LogP contribution in [-0.4, -0.2) is 68.0 Å². The number of rotatable bonds is 7. The second-order valence-corrected chi connectivity index (χ2v) is 10.3. The lowest BCUT2D eigenvalue weighted by Gasteiger charge is -2.42. The number of hydrogen-bond donors (Lipinski definition) is 1. The highest BCUT2D eigenvalue weighted by atomic mass is 32.2. The van der Waals surface area contributed by atoms with E-state index in [2.05, 4.69) is 22.3 Å². The van der Waals surface area contributed by atoms with Crippen molar-refractivity contribution < 1.29 is 12.9 Å². The van der Waals surface area contributed by atoms with E-state index in [0.717, 1.165) is 25.0 Å². The first-order valence-electron chi connectivity index (χ1n) is 10.4. The largest absolute Gasteiger partial charge is 0.364 e. The monoisotopic (exact) mass is 409 g/mol. The maximum atomic E-state index is 12.6. The van der Waals surface area contributed by atoms with E-state index in [1.54, 1.807) is 10.4 Å². The van der Waals surface area contributed by atoms with E-state index in [0.29, 0.717) is 37.3 Å². The zero-order valence-corrected chi connectivity index (χ0v) is 17.5. The summed E-state index contributed by atoms with van der Waals surface area (Å²) in [6, 6.07) is 1.60. The Morgan fingerprint density at radius 2 is 2.07 bits per heavy atom. The summed E-state index contributed by atoms with van der Waals surface area (Å²) in [5, 5.41) is 7.13. The average molecular weight is 410 g/mol. The summed E-state index contributed by atoms with van der Waals surface area (Å²) in [5.41, 5.74) is 0.895. The number of aliphatic imine (C=N–C) groups is 1. The summed E-state index contributed by atoms with van der Waals surface area (Å²) in [6.07, 6.45) is 8.11. The summed E-state index contributed by atoms with van der Waals surface area (Å²) in [7, 11) is -3.38. The molecule has 0 spiro atoms. The van der Waals surface area contributed by atoms with E-state index in [4.69, 9.17) is 9.52 Å². The van der Waals surface area contributed by atoms with Crippen LogP contribution in [0.5, 0.6) is 0 Å². The third-order valence-electron chi connectivity index (χ3n) is 6.42. The van der Waals surface area contributed by atoms with Gasteiger partial charge in [-0.3, -0.25) is 4.99 Å². The summed E-state index contributed by atoms with van der Waals surface area (Å²) in [4.78, 5) is 7.18. The summed E-state index contributed by atoms with van der Waals surface area (Å²) in [6.45, 7) is 6.05. The molecule has 8 nitrogen and oxygen atoms in total. The molecule has 1 aromatic heterocycles. The first-order valence-corrected chi connectivity index (χ1v) is 12.0. The summed E-state index contributed by atoms with van der Waals surface area (Å²) in [5.74, 6) is 1.70. The Hall–Kier alpha value is -1.61. The van der Waals surface area contributed by atoms with Crippen molar-refractivity contribution in [2.24, 2.45) is 16.3 Å². The minimum absolute atomic E-state index is 0.110. The summed E-state index contributed by atoms with van der Waals surface area (Å²) >= 11 is 0. The molecule has 2 saturated carbocycles. The Bertz CT molecular complexity index is 777. The van der Waals surface area contributed by atoms with E-state index < -0.39 is 10.0 Å². The molecule has 2 heterocycles. The maximum Gasteiger partial charge on any atom is 0.220 e. The van der Waals surface area contributed by atoms with Gasteiger partial charge in [-0.1, -0.05) is 11.6 Å². The van der Waals surface area contributed by atoms with Crippen LogP contribution in [0.2, 0.25) is 0 Å². The molecule has 156 valence electrons. The van der Waals surface area contributed by atoms with Gasteiger partial charge in [0.25, 0.3) is 0 Å². The van der Waals surface area contributed by atoms with Crippen molar-refractivity contribution in [3.8, 4) is 0 Å². The average Bonchev–Trinajstić information content (AvgIpc) is 3.37. The highest BCUT2D eigenvalue weighted by Crippen LogP contribution is 2.57. The molecule has 0 unspecified atom stereocenters. The van der Waals surface area contributed by atoms with Crippen molar-refractivity contribution in [1.82, 2.24) is 19.7 Å². The van der Waals surface area contributed by atoms with Crippen LogP contribution in [-0.2, 0) is 15.8 Å². The lowest BCUT2D eigenvalue weighted by atomic mass is 9.65. The van der Waals surface area contributed by atoms with Gasteiger partial charge in [-0.15, -0.1) is 0 Å². The number of hydrogen-bond acceptors (Lipinski definition) is 5. The van der Waals surface area contributed by atoms with E-state index in [-0.39, 0.29) is 5.75 Å². The molecule has 9 heteroatoms. The molecule has 1 N–H and O–H groups in total. The van der Waals surface area contributed by atoms with Crippen LogP contribution in [0.15, 0.2) is 21.8 Å². The van der Waals surface area contributed by atoms with E-state index in [1.165, 1.54) is 38.4 Å². The number of guanidine groups is 1. The molecule has 0 bridgehead atoms. The Labute approximate surface area is 167 Å². The third kappa shape index (κ3) is 4.20. The van der Waals surface area contributed by atoms with Crippen LogP contribution in [0.1, 0.15) is 44.7 Å². The van der Waals surface area contributed by atoms with Gasteiger partial charge in [-0.25, -0.2) is 8.42 Å². The molecular formula is C19H31N5O3S. The Morgan fingerprint density at radius 1 is 1.32 bits per heavy atom. The fraction of sp³-hybridized carbons (Fsp3) is 0.789. The van der Waals surface area contributed by atoms with Crippen LogP contribution in [0.3, 0.4) is 0 Å². The zero-order valence-electron chi connectivity index (χ0n) is 16.6. The molecule has 0 radical (unpaired) electrons. The number of nitrogens with zero attached hydrogens (tertiary/aromatic N) is 4. The molecule has 2 aliphatic carbocycles. The quantitative estimate of drug-likeness (QED) is 0.544. The van der Waals surface area contributed by atoms with Crippen LogP contribution >= 0.6 is 0 Å². The molecular weight excluding hydrogens is 378 g/mol. The third-order valence-corrected chi connectivity index (χ3v) is 8.24. The zero-order chi connectivity index (χ0) is 19.6. The highest BCUT2D eigenvalue weighted by molar-refractivity contribution is 7.88. The smallest absolute Gasteiger partial charge is 0.220 e. The van der Waals surface area contributed by atoms with Crippen LogP contribution in [0.4, 0.5) is 0 Å². The lowest BCUT2D eigenvalue weighted by Crippen LogP contribution is -2.54. The molecule has 3 fully saturated rings. The van der Waals surface area contributed by atoms with Crippen molar-refractivity contribution in [3.05, 3.63) is 18.0 Å². The highest BCUT2D eigenvalue weighted by Gasteiger charge is 2.48. The fourth-order valence-electron chi connectivity index (χ4n) is 4.45. The first-order chi connectivity index (χ1) is 13.5. The maximum absolute atomic E-state index is 12.6.